The first-order chi connectivity index (χ1) is 10.3. The summed E-state index contributed by atoms with van der Waals surface area (Å²) in [6, 6.07) is 15.8. The van der Waals surface area contributed by atoms with Crippen LogP contribution in [0.3, 0.4) is 0 Å². The third-order valence-electron chi connectivity index (χ3n) is 3.45. The number of para-hydroxylation sites is 2. The molecule has 0 aliphatic rings. The maximum Gasteiger partial charge on any atom is 0.197 e. The molecule has 0 fully saturated rings. The number of aromatic nitrogens is 1. The minimum absolute atomic E-state index is 0.0942. The summed E-state index contributed by atoms with van der Waals surface area (Å²) in [4.78, 5) is 4.54. The normalized spacial score (nSPS) is 12.7. The molecule has 0 spiro atoms. The molecular weight excluding hydrogens is 284 g/mol. The van der Waals surface area contributed by atoms with Gasteiger partial charge in [0.25, 0.3) is 0 Å². The van der Waals surface area contributed by atoms with Crippen molar-refractivity contribution in [3.05, 3.63) is 65.0 Å². The number of nitrogens with zero attached hydrogens (tertiary/aromatic N) is 1. The van der Waals surface area contributed by atoms with Gasteiger partial charge in [-0.05, 0) is 30.3 Å². The number of likely N-dealkylation sites (N-methyl/N-ethyl adjacent to an activating group) is 1. The molecule has 108 valence electrons. The van der Waals surface area contributed by atoms with Gasteiger partial charge >= 0.3 is 0 Å². The molecule has 2 aromatic carbocycles. The van der Waals surface area contributed by atoms with E-state index < -0.39 is 0 Å². The van der Waals surface area contributed by atoms with Crippen molar-refractivity contribution in [1.29, 1.82) is 0 Å². The van der Waals surface area contributed by atoms with Crippen molar-refractivity contribution in [2.75, 3.05) is 6.54 Å². The van der Waals surface area contributed by atoms with Gasteiger partial charge in [0.1, 0.15) is 5.52 Å². The summed E-state index contributed by atoms with van der Waals surface area (Å²) in [6.07, 6.45) is 0.673. The number of benzene rings is 2. The average Bonchev–Trinajstić information content (AvgIpc) is 2.89. The Hall–Kier alpha value is -1.84. The zero-order chi connectivity index (χ0) is 14.7. The lowest BCUT2D eigenvalue weighted by Crippen LogP contribution is -2.23. The van der Waals surface area contributed by atoms with Crippen LogP contribution in [0.4, 0.5) is 0 Å². The van der Waals surface area contributed by atoms with E-state index in [9.17, 15) is 0 Å². The molecule has 3 nitrogen and oxygen atoms in total. The van der Waals surface area contributed by atoms with Crippen LogP contribution in [0.2, 0.25) is 5.02 Å². The molecule has 0 saturated heterocycles. The molecule has 0 radical (unpaired) electrons. The Labute approximate surface area is 128 Å². The lowest BCUT2D eigenvalue weighted by molar-refractivity contribution is 0.460. The van der Waals surface area contributed by atoms with Crippen molar-refractivity contribution in [1.82, 2.24) is 10.3 Å². The minimum atomic E-state index is 0.0942. The molecule has 1 N–H and O–H groups in total. The van der Waals surface area contributed by atoms with Crippen LogP contribution in [0, 0.1) is 0 Å². The van der Waals surface area contributed by atoms with Crippen LogP contribution in [-0.4, -0.2) is 11.5 Å². The quantitative estimate of drug-likeness (QED) is 0.760. The molecule has 1 atom stereocenters. The largest absolute Gasteiger partial charge is 0.441 e. The monoisotopic (exact) mass is 300 g/mol. The van der Waals surface area contributed by atoms with E-state index in [0.29, 0.717) is 6.42 Å². The molecule has 0 amide bonds. The van der Waals surface area contributed by atoms with Gasteiger partial charge in [0.2, 0.25) is 0 Å². The summed E-state index contributed by atoms with van der Waals surface area (Å²) in [5.74, 6) is 0.724. The van der Waals surface area contributed by atoms with Gasteiger partial charge in [-0.1, -0.05) is 48.9 Å². The van der Waals surface area contributed by atoms with Gasteiger partial charge in [0, 0.05) is 17.5 Å². The fourth-order valence-corrected chi connectivity index (χ4v) is 2.75. The van der Waals surface area contributed by atoms with Crippen LogP contribution >= 0.6 is 11.6 Å². The topological polar surface area (TPSA) is 38.1 Å². The van der Waals surface area contributed by atoms with E-state index in [-0.39, 0.29) is 6.04 Å². The van der Waals surface area contributed by atoms with Gasteiger partial charge in [-0.15, -0.1) is 0 Å². The van der Waals surface area contributed by atoms with E-state index in [0.717, 1.165) is 34.1 Å². The number of nitrogens with one attached hydrogen (secondary N) is 1. The van der Waals surface area contributed by atoms with Crippen LogP contribution in [0.1, 0.15) is 24.4 Å². The predicted octanol–water partition coefficient (Wildman–Crippen LogP) is 4.37. The van der Waals surface area contributed by atoms with Crippen molar-refractivity contribution in [3.63, 3.8) is 0 Å². The first-order valence-corrected chi connectivity index (χ1v) is 7.48. The SMILES string of the molecule is CCNC(Cc1nc2ccccc2o1)c1ccccc1Cl. The van der Waals surface area contributed by atoms with Gasteiger partial charge in [0.15, 0.2) is 11.5 Å². The molecule has 1 unspecified atom stereocenters. The summed E-state index contributed by atoms with van der Waals surface area (Å²) in [7, 11) is 0. The Kier molecular flexibility index (Phi) is 4.23. The molecular formula is C17H17ClN2O. The first kappa shape index (κ1) is 14.1. The highest BCUT2D eigenvalue weighted by Crippen LogP contribution is 2.26. The highest BCUT2D eigenvalue weighted by molar-refractivity contribution is 6.31. The Bertz CT molecular complexity index is 705. The number of oxazole rings is 1. The molecule has 4 heteroatoms. The summed E-state index contributed by atoms with van der Waals surface area (Å²) in [5.41, 5.74) is 2.78. The van der Waals surface area contributed by atoms with Crippen LogP contribution in [0.25, 0.3) is 11.1 Å². The molecule has 0 saturated carbocycles. The lowest BCUT2D eigenvalue weighted by Gasteiger charge is -2.17. The fraction of sp³-hybridized carbons (Fsp3) is 0.235. The van der Waals surface area contributed by atoms with E-state index in [1.54, 1.807) is 0 Å². The van der Waals surface area contributed by atoms with Crippen LogP contribution < -0.4 is 5.32 Å². The van der Waals surface area contributed by atoms with Crippen molar-refractivity contribution >= 4 is 22.7 Å². The molecule has 3 aromatic rings. The van der Waals surface area contributed by atoms with Crippen molar-refractivity contribution in [2.45, 2.75) is 19.4 Å². The van der Waals surface area contributed by atoms with Crippen molar-refractivity contribution in [3.8, 4) is 0 Å². The second-order valence-corrected chi connectivity index (χ2v) is 5.32. The Morgan fingerprint density at radius 2 is 1.90 bits per heavy atom. The average molecular weight is 301 g/mol. The fourth-order valence-electron chi connectivity index (χ4n) is 2.48. The maximum absolute atomic E-state index is 6.31. The number of hydrogen-bond acceptors (Lipinski definition) is 3. The lowest BCUT2D eigenvalue weighted by atomic mass is 10.0. The Balaban J connectivity index is 1.90. The second-order valence-electron chi connectivity index (χ2n) is 4.91. The number of rotatable bonds is 5. The molecule has 0 bridgehead atoms. The highest BCUT2D eigenvalue weighted by Gasteiger charge is 2.17. The Morgan fingerprint density at radius 3 is 2.67 bits per heavy atom. The standard InChI is InChI=1S/C17H17ClN2O/c1-2-19-15(12-7-3-4-8-13(12)18)11-17-20-14-9-5-6-10-16(14)21-17/h3-10,15,19H,2,11H2,1H3. The molecule has 0 aliphatic carbocycles. The number of halogens is 1. The summed E-state index contributed by atoms with van der Waals surface area (Å²) in [6.45, 7) is 2.94. The Morgan fingerprint density at radius 1 is 1.14 bits per heavy atom. The van der Waals surface area contributed by atoms with E-state index in [1.165, 1.54) is 0 Å². The number of hydrogen-bond donors (Lipinski definition) is 1. The zero-order valence-electron chi connectivity index (χ0n) is 11.8. The van der Waals surface area contributed by atoms with Crippen molar-refractivity contribution in [2.24, 2.45) is 0 Å². The predicted molar refractivity (Wildman–Crippen MR) is 85.6 cm³/mol. The highest BCUT2D eigenvalue weighted by atomic mass is 35.5. The summed E-state index contributed by atoms with van der Waals surface area (Å²) < 4.78 is 5.81. The molecule has 0 aliphatic heterocycles. The summed E-state index contributed by atoms with van der Waals surface area (Å²) >= 11 is 6.31. The minimum Gasteiger partial charge on any atom is -0.441 e. The molecule has 21 heavy (non-hydrogen) atoms. The van der Waals surface area contributed by atoms with Crippen LogP contribution in [-0.2, 0) is 6.42 Å². The number of fused-ring (bicyclic) bond motifs is 1. The molecule has 1 heterocycles. The van der Waals surface area contributed by atoms with Gasteiger partial charge in [-0.25, -0.2) is 4.98 Å². The summed E-state index contributed by atoms with van der Waals surface area (Å²) in [5, 5.41) is 4.21. The van der Waals surface area contributed by atoms with Crippen molar-refractivity contribution < 1.29 is 4.42 Å². The molecule has 1 aromatic heterocycles. The maximum atomic E-state index is 6.31. The third-order valence-corrected chi connectivity index (χ3v) is 3.79. The van der Waals surface area contributed by atoms with Gasteiger partial charge in [0.05, 0.1) is 0 Å². The van der Waals surface area contributed by atoms with Crippen LogP contribution in [0.5, 0.6) is 0 Å². The van der Waals surface area contributed by atoms with E-state index >= 15 is 0 Å². The first-order valence-electron chi connectivity index (χ1n) is 7.10. The van der Waals surface area contributed by atoms with Gasteiger partial charge in [-0.2, -0.15) is 0 Å². The van der Waals surface area contributed by atoms with Gasteiger partial charge < -0.3 is 9.73 Å². The van der Waals surface area contributed by atoms with E-state index in [2.05, 4.69) is 17.2 Å². The van der Waals surface area contributed by atoms with E-state index in [1.807, 2.05) is 48.5 Å². The second kappa shape index (κ2) is 6.29. The van der Waals surface area contributed by atoms with E-state index in [4.69, 9.17) is 16.0 Å². The molecule has 3 rings (SSSR count). The zero-order valence-corrected chi connectivity index (χ0v) is 12.6. The third kappa shape index (κ3) is 3.09. The van der Waals surface area contributed by atoms with Crippen LogP contribution in [0.15, 0.2) is 52.9 Å². The smallest absolute Gasteiger partial charge is 0.197 e. The van der Waals surface area contributed by atoms with Gasteiger partial charge in [-0.3, -0.25) is 0 Å².